The molecular weight excluding hydrogens is 415 g/mol. The van der Waals surface area contributed by atoms with E-state index in [1.807, 2.05) is 24.3 Å². The summed E-state index contributed by atoms with van der Waals surface area (Å²) in [5.74, 6) is 7.89. The van der Waals surface area contributed by atoms with Crippen molar-refractivity contribution in [3.8, 4) is 11.8 Å². The van der Waals surface area contributed by atoms with Gasteiger partial charge in [0.2, 0.25) is 0 Å². The van der Waals surface area contributed by atoms with E-state index in [2.05, 4.69) is 56.0 Å². The van der Waals surface area contributed by atoms with Crippen LogP contribution in [0.25, 0.3) is 10.8 Å². The Balaban J connectivity index is 1.33. The Hall–Kier alpha value is -2.59. The minimum atomic E-state index is -0.214. The van der Waals surface area contributed by atoms with Gasteiger partial charge in [-0.15, -0.1) is 0 Å². The molecule has 1 saturated carbocycles. The zero-order valence-corrected chi connectivity index (χ0v) is 21.0. The molecule has 0 amide bonds. The molecule has 1 aliphatic rings. The molecule has 0 atom stereocenters. The summed E-state index contributed by atoms with van der Waals surface area (Å²) in [7, 11) is 0. The average Bonchev–Trinajstić information content (AvgIpc) is 2.87. The summed E-state index contributed by atoms with van der Waals surface area (Å²) in [4.78, 5) is 0. The van der Waals surface area contributed by atoms with E-state index in [9.17, 15) is 0 Å². The van der Waals surface area contributed by atoms with Crippen LogP contribution in [0.4, 0.5) is 4.39 Å². The van der Waals surface area contributed by atoms with Gasteiger partial charge in [-0.3, -0.25) is 0 Å². The van der Waals surface area contributed by atoms with Crippen LogP contribution in [0.5, 0.6) is 0 Å². The molecule has 0 aromatic heterocycles. The normalized spacial score (nSPS) is 18.0. The van der Waals surface area contributed by atoms with E-state index < -0.39 is 0 Å². The molecule has 0 aliphatic heterocycles. The monoisotopic (exact) mass is 454 g/mol. The van der Waals surface area contributed by atoms with Gasteiger partial charge in [0.1, 0.15) is 5.82 Å². The van der Waals surface area contributed by atoms with Crippen LogP contribution in [0.2, 0.25) is 0 Å². The molecule has 178 valence electrons. The summed E-state index contributed by atoms with van der Waals surface area (Å²) in [6, 6.07) is 18.4. The van der Waals surface area contributed by atoms with Gasteiger partial charge in [-0.05, 0) is 65.8 Å². The summed E-state index contributed by atoms with van der Waals surface area (Å²) in [6.07, 6.45) is 14.4. The van der Waals surface area contributed by atoms with Crippen LogP contribution >= 0.6 is 0 Å². The number of halogens is 1. The second-order valence-electron chi connectivity index (χ2n) is 10.2. The number of benzene rings is 3. The molecule has 1 fully saturated rings. The van der Waals surface area contributed by atoms with Gasteiger partial charge < -0.3 is 0 Å². The molecule has 3 aromatic rings. The topological polar surface area (TPSA) is 0 Å². The Morgan fingerprint density at radius 1 is 0.735 bits per heavy atom. The highest BCUT2D eigenvalue weighted by atomic mass is 19.1. The summed E-state index contributed by atoms with van der Waals surface area (Å²) in [5.41, 5.74) is 4.05. The maximum atomic E-state index is 15.0. The first-order chi connectivity index (χ1) is 16.7. The van der Waals surface area contributed by atoms with Crippen molar-refractivity contribution in [1.29, 1.82) is 0 Å². The van der Waals surface area contributed by atoms with Crippen molar-refractivity contribution in [2.75, 3.05) is 0 Å². The number of aryl methyl sites for hydroxylation is 2. The van der Waals surface area contributed by atoms with Crippen LogP contribution in [0.3, 0.4) is 0 Å². The molecule has 0 spiro atoms. The zero-order valence-electron chi connectivity index (χ0n) is 21.0. The van der Waals surface area contributed by atoms with E-state index in [0.717, 1.165) is 42.0 Å². The zero-order chi connectivity index (χ0) is 23.8. The molecule has 0 unspecified atom stereocenters. The third kappa shape index (κ3) is 6.50. The Kier molecular flexibility index (Phi) is 8.81. The van der Waals surface area contributed by atoms with Crippen LogP contribution in [-0.2, 0) is 12.8 Å². The van der Waals surface area contributed by atoms with Crippen LogP contribution in [0, 0.1) is 29.5 Å². The Morgan fingerprint density at radius 2 is 1.44 bits per heavy atom. The van der Waals surface area contributed by atoms with Crippen molar-refractivity contribution < 1.29 is 4.39 Å². The summed E-state index contributed by atoms with van der Waals surface area (Å²) < 4.78 is 15.0. The van der Waals surface area contributed by atoms with E-state index in [1.54, 1.807) is 0 Å². The van der Waals surface area contributed by atoms with Crippen LogP contribution in [-0.4, -0.2) is 0 Å². The maximum Gasteiger partial charge on any atom is 0.146 e. The minimum Gasteiger partial charge on any atom is -0.205 e. The van der Waals surface area contributed by atoms with Gasteiger partial charge >= 0.3 is 0 Å². The van der Waals surface area contributed by atoms with E-state index in [4.69, 9.17) is 0 Å². The highest BCUT2D eigenvalue weighted by Gasteiger charge is 2.20. The molecule has 0 saturated heterocycles. The molecule has 1 aliphatic carbocycles. The fourth-order valence-corrected chi connectivity index (χ4v) is 5.45. The van der Waals surface area contributed by atoms with Crippen LogP contribution in [0.15, 0.2) is 54.6 Å². The summed E-state index contributed by atoms with van der Waals surface area (Å²) >= 11 is 0. The molecule has 0 N–H and O–H groups in total. The Labute approximate surface area is 206 Å². The van der Waals surface area contributed by atoms with Crippen molar-refractivity contribution in [2.45, 2.75) is 84.5 Å². The second kappa shape index (κ2) is 12.2. The molecule has 0 radical (unpaired) electrons. The number of hydrogen-bond donors (Lipinski definition) is 0. The maximum absolute atomic E-state index is 15.0. The SMILES string of the molecule is CCCCC1CCC(CCc2ccc(C#Cc3ccc4cc(CCC)ccc4c3F)cc2)CC1. The number of rotatable bonds is 8. The summed E-state index contributed by atoms with van der Waals surface area (Å²) in [5, 5.41) is 1.61. The largest absolute Gasteiger partial charge is 0.205 e. The van der Waals surface area contributed by atoms with Crippen molar-refractivity contribution >= 4 is 10.8 Å². The lowest BCUT2D eigenvalue weighted by molar-refractivity contribution is 0.250. The van der Waals surface area contributed by atoms with Gasteiger partial charge in [0.25, 0.3) is 0 Å². The van der Waals surface area contributed by atoms with Crippen molar-refractivity contribution in [3.05, 3.63) is 82.7 Å². The molecule has 0 nitrogen and oxygen atoms in total. The fraction of sp³-hybridized carbons (Fsp3) is 0.455. The first kappa shape index (κ1) is 24.5. The van der Waals surface area contributed by atoms with Crippen LogP contribution < -0.4 is 0 Å². The highest BCUT2D eigenvalue weighted by molar-refractivity contribution is 5.85. The third-order valence-corrected chi connectivity index (χ3v) is 7.63. The standard InChI is InChI=1S/C33H39F/c1-3-5-7-25-8-10-26(11-9-25)12-13-27-14-16-28(17-15-27)18-20-30-21-22-31-24-29(6-4-2)19-23-32(31)33(30)34/h14-17,19,21-26H,3-13H2,1-2H3. The van der Waals surface area contributed by atoms with Gasteiger partial charge in [0.15, 0.2) is 0 Å². The number of fused-ring (bicyclic) bond motifs is 1. The molecular formula is C33H39F. The second-order valence-corrected chi connectivity index (χ2v) is 10.2. The van der Waals surface area contributed by atoms with E-state index in [1.165, 1.54) is 62.5 Å². The minimum absolute atomic E-state index is 0.214. The lowest BCUT2D eigenvalue weighted by atomic mass is 9.78. The van der Waals surface area contributed by atoms with Gasteiger partial charge in [0.05, 0.1) is 5.56 Å². The number of unbranched alkanes of at least 4 members (excludes halogenated alkanes) is 1. The molecule has 4 rings (SSSR count). The summed E-state index contributed by atoms with van der Waals surface area (Å²) in [6.45, 7) is 4.46. The van der Waals surface area contributed by atoms with E-state index >= 15 is 4.39 Å². The van der Waals surface area contributed by atoms with Crippen molar-refractivity contribution in [3.63, 3.8) is 0 Å². The molecule has 0 bridgehead atoms. The molecule has 0 heterocycles. The first-order valence-electron chi connectivity index (χ1n) is 13.5. The Bertz CT molecular complexity index is 1120. The average molecular weight is 455 g/mol. The molecule has 34 heavy (non-hydrogen) atoms. The van der Waals surface area contributed by atoms with E-state index in [-0.39, 0.29) is 5.82 Å². The van der Waals surface area contributed by atoms with Gasteiger partial charge in [-0.1, -0.05) is 113 Å². The predicted octanol–water partition coefficient (Wildman–Crippen LogP) is 9.26. The number of hydrogen-bond acceptors (Lipinski definition) is 0. The molecule has 1 heteroatoms. The van der Waals surface area contributed by atoms with E-state index in [0.29, 0.717) is 10.9 Å². The lowest BCUT2D eigenvalue weighted by Gasteiger charge is -2.28. The van der Waals surface area contributed by atoms with Crippen LogP contribution in [0.1, 0.15) is 93.9 Å². The van der Waals surface area contributed by atoms with Crippen molar-refractivity contribution in [1.82, 2.24) is 0 Å². The van der Waals surface area contributed by atoms with Gasteiger partial charge in [0, 0.05) is 10.9 Å². The quantitative estimate of drug-likeness (QED) is 0.297. The highest BCUT2D eigenvalue weighted by Crippen LogP contribution is 2.34. The molecule has 3 aromatic carbocycles. The first-order valence-corrected chi connectivity index (χ1v) is 13.5. The Morgan fingerprint density at radius 3 is 2.15 bits per heavy atom. The van der Waals surface area contributed by atoms with Gasteiger partial charge in [-0.25, -0.2) is 4.39 Å². The smallest absolute Gasteiger partial charge is 0.146 e. The van der Waals surface area contributed by atoms with Crippen molar-refractivity contribution in [2.24, 2.45) is 11.8 Å². The van der Waals surface area contributed by atoms with Gasteiger partial charge in [-0.2, -0.15) is 0 Å². The fourth-order valence-electron chi connectivity index (χ4n) is 5.45. The lowest BCUT2D eigenvalue weighted by Crippen LogP contribution is -2.15. The predicted molar refractivity (Wildman–Crippen MR) is 144 cm³/mol. The third-order valence-electron chi connectivity index (χ3n) is 7.63.